The van der Waals surface area contributed by atoms with Crippen LogP contribution in [0.4, 0.5) is 4.39 Å². The molecule has 1 aliphatic heterocycles. The summed E-state index contributed by atoms with van der Waals surface area (Å²) in [6.45, 7) is 4.13. The van der Waals surface area contributed by atoms with Crippen molar-refractivity contribution in [3.8, 4) is 5.75 Å². The van der Waals surface area contributed by atoms with Crippen LogP contribution in [-0.4, -0.2) is 62.6 Å². The molecular formula is C15H22FN3O2. The quantitative estimate of drug-likeness (QED) is 0.868. The van der Waals surface area contributed by atoms with Gasteiger partial charge in [-0.2, -0.15) is 0 Å². The van der Waals surface area contributed by atoms with Crippen LogP contribution in [0, 0.1) is 5.82 Å². The number of ether oxygens (including phenoxy) is 1. The minimum absolute atomic E-state index is 0.132. The van der Waals surface area contributed by atoms with Gasteiger partial charge in [-0.05, 0) is 24.7 Å². The second-order valence-electron chi connectivity index (χ2n) is 5.16. The molecule has 116 valence electrons. The van der Waals surface area contributed by atoms with E-state index in [-0.39, 0.29) is 17.5 Å². The van der Waals surface area contributed by atoms with Gasteiger partial charge in [0.05, 0.1) is 13.7 Å². The first-order valence-corrected chi connectivity index (χ1v) is 7.11. The van der Waals surface area contributed by atoms with Crippen molar-refractivity contribution in [3.05, 3.63) is 29.6 Å². The maximum absolute atomic E-state index is 13.7. The molecule has 5 nitrogen and oxygen atoms in total. The molecule has 1 aromatic rings. The Morgan fingerprint density at radius 1 is 1.33 bits per heavy atom. The van der Waals surface area contributed by atoms with E-state index in [1.807, 2.05) is 11.0 Å². The predicted molar refractivity (Wildman–Crippen MR) is 78.7 cm³/mol. The van der Waals surface area contributed by atoms with Gasteiger partial charge in [0, 0.05) is 32.7 Å². The number of likely N-dealkylation sites (N-methyl/N-ethyl adjacent to an activating group) is 1. The van der Waals surface area contributed by atoms with Gasteiger partial charge in [-0.1, -0.05) is 6.07 Å². The van der Waals surface area contributed by atoms with Crippen LogP contribution in [0.25, 0.3) is 0 Å². The molecule has 2 rings (SSSR count). The number of piperazine rings is 1. The van der Waals surface area contributed by atoms with Crippen molar-refractivity contribution < 1.29 is 13.9 Å². The lowest BCUT2D eigenvalue weighted by Crippen LogP contribution is -2.50. The van der Waals surface area contributed by atoms with Crippen LogP contribution in [0.3, 0.4) is 0 Å². The molecule has 1 fully saturated rings. The van der Waals surface area contributed by atoms with Gasteiger partial charge in [0.25, 0.3) is 0 Å². The van der Waals surface area contributed by atoms with Crippen LogP contribution in [0.2, 0.25) is 0 Å². The number of hydrogen-bond acceptors (Lipinski definition) is 4. The highest BCUT2D eigenvalue weighted by Crippen LogP contribution is 2.19. The number of carbonyl (C=O) groups is 1. The van der Waals surface area contributed by atoms with Gasteiger partial charge in [-0.25, -0.2) is 4.39 Å². The molecule has 1 amide bonds. The number of nitrogens with zero attached hydrogens (tertiary/aromatic N) is 2. The number of amides is 1. The van der Waals surface area contributed by atoms with Crippen molar-refractivity contribution in [3.63, 3.8) is 0 Å². The lowest BCUT2D eigenvalue weighted by atomic mass is 10.2. The number of rotatable bonds is 5. The SMILES string of the molecule is CNCC(=O)N1CCN(Cc2ccc(OC)c(F)c2)CC1. The van der Waals surface area contributed by atoms with Gasteiger partial charge in [0.15, 0.2) is 11.6 Å². The fourth-order valence-electron chi connectivity index (χ4n) is 2.48. The van der Waals surface area contributed by atoms with Crippen molar-refractivity contribution in [2.75, 3.05) is 46.9 Å². The topological polar surface area (TPSA) is 44.8 Å². The van der Waals surface area contributed by atoms with Crippen LogP contribution in [0.15, 0.2) is 18.2 Å². The van der Waals surface area contributed by atoms with Crippen molar-refractivity contribution >= 4 is 5.91 Å². The van der Waals surface area contributed by atoms with Crippen molar-refractivity contribution in [2.24, 2.45) is 0 Å². The first kappa shape index (κ1) is 15.7. The molecule has 1 aliphatic rings. The first-order chi connectivity index (χ1) is 10.1. The molecule has 0 aromatic heterocycles. The van der Waals surface area contributed by atoms with E-state index < -0.39 is 0 Å². The molecule has 1 aromatic carbocycles. The maximum atomic E-state index is 13.7. The fraction of sp³-hybridized carbons (Fsp3) is 0.533. The second kappa shape index (κ2) is 7.38. The van der Waals surface area contributed by atoms with Crippen LogP contribution in [0.1, 0.15) is 5.56 Å². The highest BCUT2D eigenvalue weighted by Gasteiger charge is 2.20. The van der Waals surface area contributed by atoms with Crippen LogP contribution >= 0.6 is 0 Å². The molecule has 0 bridgehead atoms. The van der Waals surface area contributed by atoms with Crippen LogP contribution in [-0.2, 0) is 11.3 Å². The Morgan fingerprint density at radius 3 is 2.62 bits per heavy atom. The molecule has 0 saturated carbocycles. The van der Waals surface area contributed by atoms with E-state index >= 15 is 0 Å². The number of carbonyl (C=O) groups excluding carboxylic acids is 1. The summed E-state index contributed by atoms with van der Waals surface area (Å²) >= 11 is 0. The third kappa shape index (κ3) is 4.15. The Bertz CT molecular complexity index is 488. The van der Waals surface area contributed by atoms with E-state index in [1.165, 1.54) is 13.2 Å². The third-order valence-corrected chi connectivity index (χ3v) is 3.68. The average Bonchev–Trinajstić information content (AvgIpc) is 2.48. The lowest BCUT2D eigenvalue weighted by Gasteiger charge is -2.34. The van der Waals surface area contributed by atoms with Crippen molar-refractivity contribution in [1.29, 1.82) is 0 Å². The van der Waals surface area contributed by atoms with E-state index in [0.717, 1.165) is 31.7 Å². The Balaban J connectivity index is 1.86. The summed E-state index contributed by atoms with van der Waals surface area (Å²) in [5.41, 5.74) is 0.920. The highest BCUT2D eigenvalue weighted by molar-refractivity contribution is 5.78. The maximum Gasteiger partial charge on any atom is 0.236 e. The molecule has 0 unspecified atom stereocenters. The first-order valence-electron chi connectivity index (χ1n) is 7.11. The van der Waals surface area contributed by atoms with Gasteiger partial charge < -0.3 is 15.0 Å². The van der Waals surface area contributed by atoms with Gasteiger partial charge in [0.1, 0.15) is 0 Å². The molecule has 21 heavy (non-hydrogen) atoms. The lowest BCUT2D eigenvalue weighted by molar-refractivity contribution is -0.131. The van der Waals surface area contributed by atoms with Gasteiger partial charge in [-0.3, -0.25) is 9.69 Å². The fourth-order valence-corrected chi connectivity index (χ4v) is 2.48. The predicted octanol–water partition coefficient (Wildman–Crippen LogP) is 0.698. The molecule has 0 aliphatic carbocycles. The zero-order valence-corrected chi connectivity index (χ0v) is 12.6. The summed E-state index contributed by atoms with van der Waals surface area (Å²) in [5.74, 6) is 0.0618. The molecular weight excluding hydrogens is 273 g/mol. The minimum atomic E-state index is -0.335. The number of benzene rings is 1. The summed E-state index contributed by atoms with van der Waals surface area (Å²) in [6.07, 6.45) is 0. The third-order valence-electron chi connectivity index (χ3n) is 3.68. The Hall–Kier alpha value is -1.66. The highest BCUT2D eigenvalue weighted by atomic mass is 19.1. The molecule has 1 heterocycles. The van der Waals surface area contributed by atoms with Crippen molar-refractivity contribution in [1.82, 2.24) is 15.1 Å². The van der Waals surface area contributed by atoms with Gasteiger partial charge in [-0.15, -0.1) is 0 Å². The van der Waals surface area contributed by atoms with Crippen LogP contribution in [0.5, 0.6) is 5.75 Å². The summed E-state index contributed by atoms with van der Waals surface area (Å²) < 4.78 is 18.6. The largest absolute Gasteiger partial charge is 0.494 e. The summed E-state index contributed by atoms with van der Waals surface area (Å²) in [6, 6.07) is 5.04. The zero-order chi connectivity index (χ0) is 15.2. The molecule has 1 N–H and O–H groups in total. The minimum Gasteiger partial charge on any atom is -0.494 e. The van der Waals surface area contributed by atoms with E-state index in [1.54, 1.807) is 13.1 Å². The summed E-state index contributed by atoms with van der Waals surface area (Å²) in [4.78, 5) is 15.8. The van der Waals surface area contributed by atoms with Crippen LogP contribution < -0.4 is 10.1 Å². The number of methoxy groups -OCH3 is 1. The van der Waals surface area contributed by atoms with E-state index in [9.17, 15) is 9.18 Å². The molecule has 1 saturated heterocycles. The average molecular weight is 295 g/mol. The zero-order valence-electron chi connectivity index (χ0n) is 12.6. The normalized spacial score (nSPS) is 16.0. The Labute approximate surface area is 124 Å². The summed E-state index contributed by atoms with van der Waals surface area (Å²) in [7, 11) is 3.23. The molecule has 0 radical (unpaired) electrons. The van der Waals surface area contributed by atoms with Crippen molar-refractivity contribution in [2.45, 2.75) is 6.54 Å². The number of nitrogens with one attached hydrogen (secondary N) is 1. The number of halogens is 1. The van der Waals surface area contributed by atoms with E-state index in [4.69, 9.17) is 4.74 Å². The Morgan fingerprint density at radius 2 is 2.05 bits per heavy atom. The standard InChI is InChI=1S/C15H22FN3O2/c1-17-10-15(20)19-7-5-18(6-8-19)11-12-3-4-14(21-2)13(16)9-12/h3-4,9,17H,5-8,10-11H2,1-2H3. The van der Waals surface area contributed by atoms with Gasteiger partial charge in [0.2, 0.25) is 5.91 Å². The monoisotopic (exact) mass is 295 g/mol. The number of hydrogen-bond donors (Lipinski definition) is 1. The Kier molecular flexibility index (Phi) is 5.52. The molecule has 0 spiro atoms. The smallest absolute Gasteiger partial charge is 0.236 e. The van der Waals surface area contributed by atoms with E-state index in [0.29, 0.717) is 13.1 Å². The molecule has 6 heteroatoms. The van der Waals surface area contributed by atoms with E-state index in [2.05, 4.69) is 10.2 Å². The van der Waals surface area contributed by atoms with Gasteiger partial charge >= 0.3 is 0 Å². The second-order valence-corrected chi connectivity index (χ2v) is 5.16. The molecule has 0 atom stereocenters. The summed E-state index contributed by atoms with van der Waals surface area (Å²) in [5, 5.41) is 2.87.